The number of nitrogens with zero attached hydrogens (tertiary/aromatic N) is 3. The first-order valence-corrected chi connectivity index (χ1v) is 18.3. The summed E-state index contributed by atoms with van der Waals surface area (Å²) in [5.74, 6) is 3.69. The Morgan fingerprint density at radius 3 is 1.61 bits per heavy atom. The van der Waals surface area contributed by atoms with Gasteiger partial charge in [0.15, 0.2) is 17.5 Å². The van der Waals surface area contributed by atoms with E-state index in [9.17, 15) is 0 Å². The molecule has 8 aromatic carbocycles. The maximum Gasteiger partial charge on any atom is 0.164 e. The molecule has 2 aliphatic rings. The van der Waals surface area contributed by atoms with Gasteiger partial charge in [0, 0.05) is 27.8 Å². The summed E-state index contributed by atoms with van der Waals surface area (Å²) in [5, 5.41) is 2.25. The zero-order valence-corrected chi connectivity index (χ0v) is 29.1. The van der Waals surface area contributed by atoms with Crippen LogP contribution in [0, 0.1) is 0 Å². The van der Waals surface area contributed by atoms with Gasteiger partial charge in [-0.25, -0.2) is 15.0 Å². The van der Waals surface area contributed by atoms with E-state index in [1.807, 2.05) is 30.3 Å². The molecule has 54 heavy (non-hydrogen) atoms. The number of aromatic nitrogens is 3. The van der Waals surface area contributed by atoms with Crippen LogP contribution in [0.4, 0.5) is 0 Å². The van der Waals surface area contributed by atoms with Crippen LogP contribution < -0.4 is 4.74 Å². The van der Waals surface area contributed by atoms with Gasteiger partial charge in [-0.3, -0.25) is 0 Å². The van der Waals surface area contributed by atoms with Crippen molar-refractivity contribution in [2.45, 2.75) is 5.41 Å². The van der Waals surface area contributed by atoms with Crippen molar-refractivity contribution in [2.75, 3.05) is 0 Å². The number of para-hydroxylation sites is 1. The molecule has 11 rings (SSSR count). The van der Waals surface area contributed by atoms with Crippen LogP contribution in [0.15, 0.2) is 188 Å². The Kier molecular flexibility index (Phi) is 6.73. The van der Waals surface area contributed by atoms with Gasteiger partial charge >= 0.3 is 0 Å². The number of hydrogen-bond donors (Lipinski definition) is 0. The van der Waals surface area contributed by atoms with Crippen LogP contribution in [-0.4, -0.2) is 15.0 Å². The van der Waals surface area contributed by atoms with Gasteiger partial charge in [-0.1, -0.05) is 170 Å². The van der Waals surface area contributed by atoms with Gasteiger partial charge < -0.3 is 4.74 Å². The standard InChI is InChI=1S/C50H31N3O/c1-2-14-34(15-3-1)47-51-48(53-49(52-47)40-20-12-16-33-13-4-5-17-37(33)40)35-27-25-32(26-28-35)36-29-30-46-44(31-36)50(43-23-10-11-24-45(43)54-46)41-21-8-6-18-38(41)39-19-7-9-22-42(39)50/h1-31H. The summed E-state index contributed by atoms with van der Waals surface area (Å²) in [6, 6.07) is 66.1. The molecule has 0 unspecified atom stereocenters. The van der Waals surface area contributed by atoms with Crippen molar-refractivity contribution >= 4 is 10.8 Å². The van der Waals surface area contributed by atoms with Crippen LogP contribution in [0.5, 0.6) is 11.5 Å². The Morgan fingerprint density at radius 2 is 0.852 bits per heavy atom. The average molecular weight is 690 g/mol. The lowest BCUT2D eigenvalue weighted by Crippen LogP contribution is -2.32. The highest BCUT2D eigenvalue weighted by Gasteiger charge is 2.51. The van der Waals surface area contributed by atoms with Gasteiger partial charge in [0.05, 0.1) is 5.41 Å². The molecule has 0 N–H and O–H groups in total. The molecule has 1 spiro atoms. The smallest absolute Gasteiger partial charge is 0.164 e. The van der Waals surface area contributed by atoms with E-state index in [0.29, 0.717) is 17.5 Å². The first-order valence-electron chi connectivity index (χ1n) is 18.3. The number of hydrogen-bond acceptors (Lipinski definition) is 4. The Morgan fingerprint density at radius 1 is 0.333 bits per heavy atom. The predicted octanol–water partition coefficient (Wildman–Crippen LogP) is 12.2. The maximum absolute atomic E-state index is 6.66. The second-order valence-electron chi connectivity index (χ2n) is 13.9. The molecular weight excluding hydrogens is 659 g/mol. The maximum atomic E-state index is 6.66. The lowest BCUT2D eigenvalue weighted by Gasteiger charge is -2.39. The highest BCUT2D eigenvalue weighted by Crippen LogP contribution is 2.62. The van der Waals surface area contributed by atoms with Crippen LogP contribution in [0.3, 0.4) is 0 Å². The predicted molar refractivity (Wildman–Crippen MR) is 216 cm³/mol. The lowest BCUT2D eigenvalue weighted by atomic mass is 9.66. The quantitative estimate of drug-likeness (QED) is 0.185. The van der Waals surface area contributed by atoms with Crippen LogP contribution in [0.1, 0.15) is 22.3 Å². The van der Waals surface area contributed by atoms with E-state index in [2.05, 4.69) is 158 Å². The summed E-state index contributed by atoms with van der Waals surface area (Å²) in [6.07, 6.45) is 0. The zero-order valence-electron chi connectivity index (χ0n) is 29.1. The first kappa shape index (κ1) is 30.5. The summed E-state index contributed by atoms with van der Waals surface area (Å²) in [4.78, 5) is 15.1. The number of benzene rings is 8. The summed E-state index contributed by atoms with van der Waals surface area (Å²) in [7, 11) is 0. The minimum Gasteiger partial charge on any atom is -0.457 e. The molecule has 1 aliphatic heterocycles. The fourth-order valence-electron chi connectivity index (χ4n) is 8.61. The molecule has 252 valence electrons. The molecule has 4 nitrogen and oxygen atoms in total. The molecule has 0 amide bonds. The summed E-state index contributed by atoms with van der Waals surface area (Å²) >= 11 is 0. The van der Waals surface area contributed by atoms with Gasteiger partial charge in [0.1, 0.15) is 11.5 Å². The molecule has 1 aliphatic carbocycles. The number of ether oxygens (including phenoxy) is 1. The average Bonchev–Trinajstić information content (AvgIpc) is 3.54. The Balaban J connectivity index is 1.05. The highest BCUT2D eigenvalue weighted by atomic mass is 16.5. The summed E-state index contributed by atoms with van der Waals surface area (Å²) in [6.45, 7) is 0. The van der Waals surface area contributed by atoms with Gasteiger partial charge in [0.2, 0.25) is 0 Å². The van der Waals surface area contributed by atoms with E-state index in [0.717, 1.165) is 61.2 Å². The molecule has 0 saturated carbocycles. The molecule has 0 radical (unpaired) electrons. The van der Waals surface area contributed by atoms with E-state index in [4.69, 9.17) is 19.7 Å². The van der Waals surface area contributed by atoms with E-state index in [1.165, 1.54) is 22.3 Å². The van der Waals surface area contributed by atoms with Gasteiger partial charge in [-0.2, -0.15) is 0 Å². The van der Waals surface area contributed by atoms with E-state index < -0.39 is 5.41 Å². The van der Waals surface area contributed by atoms with Crippen LogP contribution in [0.2, 0.25) is 0 Å². The fourth-order valence-corrected chi connectivity index (χ4v) is 8.61. The number of rotatable bonds is 4. The number of fused-ring (bicyclic) bond motifs is 10. The monoisotopic (exact) mass is 689 g/mol. The third kappa shape index (κ3) is 4.53. The largest absolute Gasteiger partial charge is 0.457 e. The zero-order chi connectivity index (χ0) is 35.6. The highest BCUT2D eigenvalue weighted by molar-refractivity contribution is 5.95. The third-order valence-corrected chi connectivity index (χ3v) is 11.0. The Bertz CT molecular complexity index is 2870. The van der Waals surface area contributed by atoms with Crippen molar-refractivity contribution < 1.29 is 4.74 Å². The SMILES string of the molecule is c1ccc(-c2nc(-c3ccc(-c4ccc5c(c4)C4(c6ccccc6O5)c5ccccc5-c5ccccc54)cc3)nc(-c3cccc4ccccc34)n2)cc1. The molecule has 0 bridgehead atoms. The van der Waals surface area contributed by atoms with Crippen LogP contribution >= 0.6 is 0 Å². The lowest BCUT2D eigenvalue weighted by molar-refractivity contribution is 0.436. The molecule has 2 heterocycles. The molecular formula is C50H31N3O. The van der Waals surface area contributed by atoms with Crippen LogP contribution in [0.25, 0.3) is 67.2 Å². The second kappa shape index (κ2) is 11.9. The second-order valence-corrected chi connectivity index (χ2v) is 13.9. The van der Waals surface area contributed by atoms with Gasteiger partial charge in [-0.15, -0.1) is 0 Å². The minimum absolute atomic E-state index is 0.510. The first-order chi connectivity index (χ1) is 26.8. The van der Waals surface area contributed by atoms with E-state index >= 15 is 0 Å². The minimum atomic E-state index is -0.510. The van der Waals surface area contributed by atoms with Crippen LogP contribution in [-0.2, 0) is 5.41 Å². The van der Waals surface area contributed by atoms with Crippen molar-refractivity contribution in [2.24, 2.45) is 0 Å². The Labute approximate surface area is 313 Å². The summed E-state index contributed by atoms with van der Waals surface area (Å²) < 4.78 is 6.66. The topological polar surface area (TPSA) is 47.9 Å². The van der Waals surface area contributed by atoms with E-state index in [-0.39, 0.29) is 0 Å². The summed E-state index contributed by atoms with van der Waals surface area (Å²) in [5.41, 5.74) is 11.9. The molecule has 4 heteroatoms. The van der Waals surface area contributed by atoms with Crippen molar-refractivity contribution in [3.8, 4) is 67.9 Å². The normalized spacial score (nSPS) is 13.1. The molecule has 0 fully saturated rings. The molecule has 0 saturated heterocycles. The van der Waals surface area contributed by atoms with E-state index in [1.54, 1.807) is 0 Å². The van der Waals surface area contributed by atoms with Gasteiger partial charge in [0.25, 0.3) is 0 Å². The van der Waals surface area contributed by atoms with Crippen molar-refractivity contribution in [3.63, 3.8) is 0 Å². The molecule has 0 atom stereocenters. The van der Waals surface area contributed by atoms with Gasteiger partial charge in [-0.05, 0) is 62.4 Å². The molecule has 1 aromatic heterocycles. The fraction of sp³-hybridized carbons (Fsp3) is 0.0200. The Hall–Kier alpha value is -7.17. The third-order valence-electron chi connectivity index (χ3n) is 11.0. The van der Waals surface area contributed by atoms with Crippen molar-refractivity contribution in [1.82, 2.24) is 15.0 Å². The molecule has 9 aromatic rings. The van der Waals surface area contributed by atoms with Crippen molar-refractivity contribution in [1.29, 1.82) is 0 Å². The van der Waals surface area contributed by atoms with Crippen molar-refractivity contribution in [3.05, 3.63) is 210 Å².